The number of hydrogen-bond acceptors (Lipinski definition) is 3. The molecule has 0 aromatic heterocycles. The van der Waals surface area contributed by atoms with Crippen molar-refractivity contribution in [1.29, 1.82) is 0 Å². The molecular formula is C18H27NO2. The molecule has 2 heterocycles. The maximum atomic E-state index is 6.19. The van der Waals surface area contributed by atoms with E-state index in [9.17, 15) is 0 Å². The molecule has 1 spiro atoms. The minimum atomic E-state index is 0.0684. The average molecular weight is 289 g/mol. The predicted molar refractivity (Wildman–Crippen MR) is 84.4 cm³/mol. The van der Waals surface area contributed by atoms with Crippen molar-refractivity contribution in [3.8, 4) is 0 Å². The van der Waals surface area contributed by atoms with Crippen LogP contribution in [0.15, 0.2) is 24.3 Å². The molecule has 2 fully saturated rings. The number of nitrogens with one attached hydrogen (secondary N) is 1. The molecule has 2 aliphatic rings. The van der Waals surface area contributed by atoms with Gasteiger partial charge in [0.25, 0.3) is 0 Å². The Kier molecular flexibility index (Phi) is 4.63. The molecule has 2 saturated heterocycles. The zero-order valence-electron chi connectivity index (χ0n) is 13.2. The predicted octanol–water partition coefficient (Wildman–Crippen LogP) is 3.23. The lowest BCUT2D eigenvalue weighted by Crippen LogP contribution is -2.46. The highest BCUT2D eigenvalue weighted by atomic mass is 16.5. The van der Waals surface area contributed by atoms with Crippen LogP contribution in [-0.2, 0) is 9.47 Å². The van der Waals surface area contributed by atoms with E-state index in [0.29, 0.717) is 12.0 Å². The van der Waals surface area contributed by atoms with Crippen LogP contribution in [0, 0.1) is 12.8 Å². The molecule has 3 heteroatoms. The summed E-state index contributed by atoms with van der Waals surface area (Å²) in [6.45, 7) is 4.79. The third kappa shape index (κ3) is 3.15. The van der Waals surface area contributed by atoms with Crippen molar-refractivity contribution in [2.45, 2.75) is 44.2 Å². The van der Waals surface area contributed by atoms with E-state index in [-0.39, 0.29) is 5.60 Å². The van der Waals surface area contributed by atoms with Gasteiger partial charge in [-0.15, -0.1) is 0 Å². The Morgan fingerprint density at radius 2 is 1.95 bits per heavy atom. The SMILES string of the molecule is CNC(c1ccccc1C)C1CCOC2(CCOCC2)C1. The molecule has 0 saturated carbocycles. The summed E-state index contributed by atoms with van der Waals surface area (Å²) >= 11 is 0. The van der Waals surface area contributed by atoms with Crippen molar-refractivity contribution >= 4 is 0 Å². The fraction of sp³-hybridized carbons (Fsp3) is 0.667. The highest BCUT2D eigenvalue weighted by Crippen LogP contribution is 2.42. The molecule has 1 N–H and O–H groups in total. The Morgan fingerprint density at radius 1 is 1.19 bits per heavy atom. The van der Waals surface area contributed by atoms with Crippen molar-refractivity contribution in [1.82, 2.24) is 5.32 Å². The van der Waals surface area contributed by atoms with Gasteiger partial charge in [-0.05, 0) is 56.7 Å². The van der Waals surface area contributed by atoms with E-state index in [1.54, 1.807) is 0 Å². The maximum Gasteiger partial charge on any atom is 0.0729 e. The molecule has 1 aromatic carbocycles. The first-order valence-corrected chi connectivity index (χ1v) is 8.19. The Morgan fingerprint density at radius 3 is 2.67 bits per heavy atom. The number of hydrogen-bond donors (Lipinski definition) is 1. The highest BCUT2D eigenvalue weighted by molar-refractivity contribution is 5.29. The van der Waals surface area contributed by atoms with Gasteiger partial charge < -0.3 is 14.8 Å². The summed E-state index contributed by atoms with van der Waals surface area (Å²) in [7, 11) is 2.09. The van der Waals surface area contributed by atoms with Gasteiger partial charge in [0.2, 0.25) is 0 Å². The van der Waals surface area contributed by atoms with Gasteiger partial charge in [0, 0.05) is 25.9 Å². The van der Waals surface area contributed by atoms with Gasteiger partial charge in [-0.3, -0.25) is 0 Å². The van der Waals surface area contributed by atoms with Crippen molar-refractivity contribution in [2.24, 2.45) is 5.92 Å². The molecular weight excluding hydrogens is 262 g/mol. The molecule has 0 aliphatic carbocycles. The van der Waals surface area contributed by atoms with E-state index in [0.717, 1.165) is 45.5 Å². The molecule has 0 radical (unpaired) electrons. The standard InChI is InChI=1S/C18H27NO2/c1-14-5-3-4-6-16(14)17(19-2)15-7-10-21-18(13-15)8-11-20-12-9-18/h3-6,15,17,19H,7-13H2,1-2H3. The molecule has 3 nitrogen and oxygen atoms in total. The van der Waals surface area contributed by atoms with Gasteiger partial charge in [-0.25, -0.2) is 0 Å². The zero-order chi connectivity index (χ0) is 14.7. The summed E-state index contributed by atoms with van der Waals surface area (Å²) in [5, 5.41) is 3.56. The van der Waals surface area contributed by atoms with Crippen LogP contribution in [0.5, 0.6) is 0 Å². The Labute approximate surface area is 128 Å². The molecule has 21 heavy (non-hydrogen) atoms. The lowest BCUT2D eigenvalue weighted by molar-refractivity contribution is -0.150. The molecule has 2 unspecified atom stereocenters. The molecule has 1 aromatic rings. The van der Waals surface area contributed by atoms with Crippen molar-refractivity contribution in [2.75, 3.05) is 26.9 Å². The van der Waals surface area contributed by atoms with E-state index in [2.05, 4.69) is 43.6 Å². The van der Waals surface area contributed by atoms with Crippen molar-refractivity contribution in [3.63, 3.8) is 0 Å². The van der Waals surface area contributed by atoms with Crippen LogP contribution in [0.4, 0.5) is 0 Å². The number of rotatable bonds is 3. The Hall–Kier alpha value is -0.900. The Balaban J connectivity index is 1.79. The van der Waals surface area contributed by atoms with E-state index in [1.165, 1.54) is 11.1 Å². The second-order valence-electron chi connectivity index (χ2n) is 6.52. The highest BCUT2D eigenvalue weighted by Gasteiger charge is 2.41. The topological polar surface area (TPSA) is 30.5 Å². The first-order chi connectivity index (χ1) is 10.2. The van der Waals surface area contributed by atoms with Gasteiger partial charge in [0.05, 0.1) is 5.60 Å². The maximum absolute atomic E-state index is 6.19. The van der Waals surface area contributed by atoms with Gasteiger partial charge in [0.1, 0.15) is 0 Å². The van der Waals surface area contributed by atoms with Crippen LogP contribution in [-0.4, -0.2) is 32.5 Å². The second-order valence-corrected chi connectivity index (χ2v) is 6.52. The van der Waals surface area contributed by atoms with Gasteiger partial charge in [-0.1, -0.05) is 24.3 Å². The monoisotopic (exact) mass is 289 g/mol. The fourth-order valence-corrected chi connectivity index (χ4v) is 4.02. The largest absolute Gasteiger partial charge is 0.381 e. The third-order valence-corrected chi connectivity index (χ3v) is 5.24. The van der Waals surface area contributed by atoms with E-state index >= 15 is 0 Å². The molecule has 0 amide bonds. The fourth-order valence-electron chi connectivity index (χ4n) is 4.02. The molecule has 2 aliphatic heterocycles. The third-order valence-electron chi connectivity index (χ3n) is 5.24. The average Bonchev–Trinajstić information content (AvgIpc) is 2.51. The zero-order valence-corrected chi connectivity index (χ0v) is 13.2. The van der Waals surface area contributed by atoms with E-state index in [4.69, 9.17) is 9.47 Å². The number of benzene rings is 1. The van der Waals surface area contributed by atoms with Crippen molar-refractivity contribution < 1.29 is 9.47 Å². The summed E-state index contributed by atoms with van der Waals surface area (Å²) in [5.74, 6) is 0.642. The summed E-state index contributed by atoms with van der Waals surface area (Å²) in [5.41, 5.74) is 2.89. The number of ether oxygens (including phenoxy) is 2. The normalized spacial score (nSPS) is 26.7. The van der Waals surface area contributed by atoms with Gasteiger partial charge in [0.15, 0.2) is 0 Å². The van der Waals surface area contributed by atoms with Crippen LogP contribution in [0.2, 0.25) is 0 Å². The van der Waals surface area contributed by atoms with Gasteiger partial charge >= 0.3 is 0 Å². The van der Waals surface area contributed by atoms with Crippen LogP contribution >= 0.6 is 0 Å². The molecule has 0 bridgehead atoms. The minimum Gasteiger partial charge on any atom is -0.381 e. The number of aryl methyl sites for hydroxylation is 1. The van der Waals surface area contributed by atoms with Crippen LogP contribution in [0.25, 0.3) is 0 Å². The molecule has 2 atom stereocenters. The first-order valence-electron chi connectivity index (χ1n) is 8.19. The summed E-state index contributed by atoms with van der Waals surface area (Å²) < 4.78 is 11.7. The van der Waals surface area contributed by atoms with Crippen LogP contribution in [0.3, 0.4) is 0 Å². The van der Waals surface area contributed by atoms with Crippen molar-refractivity contribution in [3.05, 3.63) is 35.4 Å². The summed E-state index contributed by atoms with van der Waals surface area (Å²) in [6.07, 6.45) is 4.39. The summed E-state index contributed by atoms with van der Waals surface area (Å²) in [6, 6.07) is 9.17. The van der Waals surface area contributed by atoms with E-state index in [1.807, 2.05) is 0 Å². The van der Waals surface area contributed by atoms with E-state index < -0.39 is 0 Å². The van der Waals surface area contributed by atoms with Gasteiger partial charge in [-0.2, -0.15) is 0 Å². The minimum absolute atomic E-state index is 0.0684. The smallest absolute Gasteiger partial charge is 0.0729 e. The quantitative estimate of drug-likeness (QED) is 0.926. The first kappa shape index (κ1) is 15.0. The molecule has 3 rings (SSSR count). The molecule has 116 valence electrons. The van der Waals surface area contributed by atoms with Crippen LogP contribution in [0.1, 0.15) is 42.9 Å². The lowest BCUT2D eigenvalue weighted by Gasteiger charge is -2.45. The summed E-state index contributed by atoms with van der Waals surface area (Å²) in [4.78, 5) is 0. The second kappa shape index (κ2) is 6.47. The Bertz CT molecular complexity index is 463. The lowest BCUT2D eigenvalue weighted by atomic mass is 9.75. The van der Waals surface area contributed by atoms with Crippen LogP contribution < -0.4 is 5.32 Å².